The van der Waals surface area contributed by atoms with Gasteiger partial charge in [-0.3, -0.25) is 14.5 Å². The van der Waals surface area contributed by atoms with Gasteiger partial charge >= 0.3 is 5.97 Å². The molecule has 0 unspecified atom stereocenters. The van der Waals surface area contributed by atoms with Gasteiger partial charge in [-0.2, -0.15) is 0 Å². The van der Waals surface area contributed by atoms with Crippen LogP contribution in [0.3, 0.4) is 0 Å². The van der Waals surface area contributed by atoms with Crippen molar-refractivity contribution in [2.24, 2.45) is 5.73 Å². The number of ether oxygens (including phenoxy) is 2. The van der Waals surface area contributed by atoms with Gasteiger partial charge < -0.3 is 25.2 Å². The van der Waals surface area contributed by atoms with E-state index < -0.39 is 36.5 Å². The van der Waals surface area contributed by atoms with E-state index in [0.717, 1.165) is 5.56 Å². The van der Waals surface area contributed by atoms with E-state index in [1.807, 2.05) is 4.90 Å². The van der Waals surface area contributed by atoms with Crippen molar-refractivity contribution in [3.8, 4) is 11.5 Å². The number of halogens is 2. The molecule has 1 aliphatic rings. The summed E-state index contributed by atoms with van der Waals surface area (Å²) in [7, 11) is 0. The van der Waals surface area contributed by atoms with Crippen molar-refractivity contribution in [3.05, 3.63) is 58.9 Å². The first-order valence-corrected chi connectivity index (χ1v) is 10.8. The third-order valence-corrected chi connectivity index (χ3v) is 5.76. The Morgan fingerprint density at radius 3 is 2.41 bits per heavy atom. The summed E-state index contributed by atoms with van der Waals surface area (Å²) in [4.78, 5) is 39.5. The highest BCUT2D eigenvalue weighted by Gasteiger charge is 2.45. The van der Waals surface area contributed by atoms with Crippen LogP contribution in [-0.4, -0.2) is 71.1 Å². The lowest BCUT2D eigenvalue weighted by Crippen LogP contribution is -2.68. The van der Waals surface area contributed by atoms with Crippen LogP contribution in [0.15, 0.2) is 42.5 Å². The number of benzene rings is 2. The molecule has 1 atom stereocenters. The molecular weight excluding hydrogens is 469 g/mol. The highest BCUT2D eigenvalue weighted by atomic mass is 35.5. The maximum absolute atomic E-state index is 13.2. The average molecular weight is 494 g/mol. The van der Waals surface area contributed by atoms with Crippen molar-refractivity contribution in [2.75, 3.05) is 32.8 Å². The number of carbonyl (C=O) groups excluding carboxylic acids is 2. The summed E-state index contributed by atoms with van der Waals surface area (Å²) in [6.45, 7) is 1.92. The predicted octanol–water partition coefficient (Wildman–Crippen LogP) is 1.91. The zero-order valence-corrected chi connectivity index (χ0v) is 19.3. The van der Waals surface area contributed by atoms with E-state index in [4.69, 9.17) is 31.9 Å². The van der Waals surface area contributed by atoms with Crippen LogP contribution in [0.4, 0.5) is 4.39 Å². The normalized spacial score (nSPS) is 18.4. The average Bonchev–Trinajstić information content (AvgIpc) is 2.78. The number of piperazine rings is 1. The molecule has 3 N–H and O–H groups in total. The number of rotatable bonds is 9. The van der Waals surface area contributed by atoms with Gasteiger partial charge in [0, 0.05) is 37.3 Å². The Labute approximate surface area is 200 Å². The molecule has 1 heterocycles. The number of primary amides is 1. The van der Waals surface area contributed by atoms with Crippen LogP contribution in [0, 0.1) is 5.82 Å². The fraction of sp³-hybridized carbons (Fsp3) is 0.348. The second kappa shape index (κ2) is 10.7. The molecule has 182 valence electrons. The van der Waals surface area contributed by atoms with Gasteiger partial charge in [-0.05, 0) is 36.8 Å². The molecule has 1 aliphatic heterocycles. The molecule has 1 saturated heterocycles. The van der Waals surface area contributed by atoms with Crippen molar-refractivity contribution in [1.82, 2.24) is 9.80 Å². The molecule has 0 spiro atoms. The number of aliphatic carboxylic acids is 1. The van der Waals surface area contributed by atoms with Gasteiger partial charge in [0.1, 0.15) is 11.4 Å². The molecule has 0 aromatic heterocycles. The summed E-state index contributed by atoms with van der Waals surface area (Å²) in [5.41, 5.74) is 5.26. The lowest BCUT2D eigenvalue weighted by atomic mass is 9.94. The lowest BCUT2D eigenvalue weighted by Gasteiger charge is -2.47. The Bertz CT molecular complexity index is 1070. The van der Waals surface area contributed by atoms with Gasteiger partial charge in [0.2, 0.25) is 5.91 Å². The monoisotopic (exact) mass is 493 g/mol. The topological polar surface area (TPSA) is 122 Å². The van der Waals surface area contributed by atoms with Crippen molar-refractivity contribution in [2.45, 2.75) is 19.0 Å². The molecule has 0 saturated carbocycles. The van der Waals surface area contributed by atoms with Crippen molar-refractivity contribution < 1.29 is 33.4 Å². The Morgan fingerprint density at radius 2 is 1.76 bits per heavy atom. The number of carbonyl (C=O) groups is 3. The Kier molecular flexibility index (Phi) is 7.95. The number of hydrogen-bond donors (Lipinski definition) is 2. The fourth-order valence-corrected chi connectivity index (χ4v) is 3.91. The molecule has 2 amide bonds. The van der Waals surface area contributed by atoms with Gasteiger partial charge in [-0.25, -0.2) is 9.18 Å². The first kappa shape index (κ1) is 25.3. The highest BCUT2D eigenvalue weighted by molar-refractivity contribution is 6.30. The van der Waals surface area contributed by atoms with Crippen LogP contribution in [0.25, 0.3) is 0 Å². The van der Waals surface area contributed by atoms with Crippen molar-refractivity contribution in [3.63, 3.8) is 0 Å². The second-order valence-corrected chi connectivity index (χ2v) is 8.52. The number of carboxylic acids is 1. The summed E-state index contributed by atoms with van der Waals surface area (Å²) < 4.78 is 23.9. The third kappa shape index (κ3) is 6.15. The number of hydrogen-bond acceptors (Lipinski definition) is 6. The van der Waals surface area contributed by atoms with E-state index in [1.54, 1.807) is 19.1 Å². The standard InChI is InChI=1S/C23H25ClFN3O6/c1-23(22(26)32)14-27(11-15-2-5-17(25)6-3-15)8-9-28(23)20(29)12-33-18-7-4-16(24)10-19(18)34-13-21(30)31/h2-7,10H,8-9,11-14H2,1H3,(H2,26,32)(H,30,31)/t23-/m1/s1. The van der Waals surface area contributed by atoms with E-state index in [0.29, 0.717) is 18.1 Å². The van der Waals surface area contributed by atoms with Gasteiger partial charge in [0.15, 0.2) is 24.7 Å². The van der Waals surface area contributed by atoms with E-state index in [-0.39, 0.29) is 30.4 Å². The molecule has 2 aromatic rings. The van der Waals surface area contributed by atoms with Crippen molar-refractivity contribution in [1.29, 1.82) is 0 Å². The molecular formula is C23H25ClFN3O6. The summed E-state index contributed by atoms with van der Waals surface area (Å²) >= 11 is 5.94. The molecule has 0 radical (unpaired) electrons. The van der Waals surface area contributed by atoms with Gasteiger partial charge in [0.05, 0.1) is 0 Å². The SMILES string of the molecule is C[C@]1(C(N)=O)CN(Cc2ccc(F)cc2)CCN1C(=O)COc1ccc(Cl)cc1OCC(=O)O. The maximum Gasteiger partial charge on any atom is 0.341 e. The Balaban J connectivity index is 1.68. The minimum Gasteiger partial charge on any atom is -0.480 e. The van der Waals surface area contributed by atoms with E-state index in [2.05, 4.69) is 0 Å². The molecule has 9 nitrogen and oxygen atoms in total. The first-order valence-electron chi connectivity index (χ1n) is 10.4. The largest absolute Gasteiger partial charge is 0.480 e. The van der Waals surface area contributed by atoms with Crippen LogP contribution in [0.5, 0.6) is 11.5 Å². The number of amides is 2. The quantitative estimate of drug-likeness (QED) is 0.547. The van der Waals surface area contributed by atoms with Crippen LogP contribution >= 0.6 is 11.6 Å². The van der Waals surface area contributed by atoms with Gasteiger partial charge in [-0.15, -0.1) is 0 Å². The van der Waals surface area contributed by atoms with Gasteiger partial charge in [-0.1, -0.05) is 23.7 Å². The highest BCUT2D eigenvalue weighted by Crippen LogP contribution is 2.31. The molecule has 1 fully saturated rings. The zero-order chi connectivity index (χ0) is 24.9. The summed E-state index contributed by atoms with van der Waals surface area (Å²) in [5.74, 6) is -2.45. The lowest BCUT2D eigenvalue weighted by molar-refractivity contribution is -0.152. The second-order valence-electron chi connectivity index (χ2n) is 8.08. The van der Waals surface area contributed by atoms with E-state index >= 15 is 0 Å². The molecule has 0 aliphatic carbocycles. The van der Waals surface area contributed by atoms with Crippen LogP contribution < -0.4 is 15.2 Å². The Hall–Kier alpha value is -3.37. The maximum atomic E-state index is 13.2. The summed E-state index contributed by atoms with van der Waals surface area (Å²) in [5, 5.41) is 9.14. The van der Waals surface area contributed by atoms with Crippen molar-refractivity contribution >= 4 is 29.4 Å². The third-order valence-electron chi connectivity index (χ3n) is 5.53. The molecule has 0 bridgehead atoms. The van der Waals surface area contributed by atoms with E-state index in [1.165, 1.54) is 35.2 Å². The van der Waals surface area contributed by atoms with Crippen LogP contribution in [0.2, 0.25) is 5.02 Å². The number of carboxylic acid groups (broad SMARTS) is 1. The minimum atomic E-state index is -1.29. The smallest absolute Gasteiger partial charge is 0.341 e. The Morgan fingerprint density at radius 1 is 1.09 bits per heavy atom. The van der Waals surface area contributed by atoms with Gasteiger partial charge in [0.25, 0.3) is 5.91 Å². The van der Waals surface area contributed by atoms with Crippen LogP contribution in [-0.2, 0) is 20.9 Å². The molecule has 3 rings (SSSR count). The number of nitrogens with two attached hydrogens (primary N) is 1. The summed E-state index contributed by atoms with van der Waals surface area (Å²) in [6.07, 6.45) is 0. The van der Waals surface area contributed by atoms with E-state index in [9.17, 15) is 18.8 Å². The first-order chi connectivity index (χ1) is 16.1. The fourth-order valence-electron chi connectivity index (χ4n) is 3.75. The molecule has 34 heavy (non-hydrogen) atoms. The summed E-state index contributed by atoms with van der Waals surface area (Å²) in [6, 6.07) is 10.4. The van der Waals surface area contributed by atoms with Crippen LogP contribution in [0.1, 0.15) is 12.5 Å². The minimum absolute atomic E-state index is 0.0736. The predicted molar refractivity (Wildman–Crippen MR) is 121 cm³/mol. The molecule has 11 heteroatoms. The zero-order valence-electron chi connectivity index (χ0n) is 18.5. The number of nitrogens with zero attached hydrogens (tertiary/aromatic N) is 2. The molecule has 2 aromatic carbocycles.